The van der Waals surface area contributed by atoms with Gasteiger partial charge in [0.1, 0.15) is 0 Å². The molecule has 0 radical (unpaired) electrons. The molecule has 180 valence electrons. The third-order valence-electron chi connectivity index (χ3n) is 7.65. The fraction of sp³-hybridized carbons (Fsp3) is 0.333. The molecule has 7 nitrogen and oxygen atoms in total. The van der Waals surface area contributed by atoms with Crippen LogP contribution in [0.2, 0.25) is 5.02 Å². The van der Waals surface area contributed by atoms with Crippen LogP contribution in [0.3, 0.4) is 0 Å². The molecule has 0 aliphatic carbocycles. The second-order valence-corrected chi connectivity index (χ2v) is 9.99. The Morgan fingerprint density at radius 2 is 1.83 bits per heavy atom. The van der Waals surface area contributed by atoms with Gasteiger partial charge in [-0.2, -0.15) is 0 Å². The standard InChI is InChI=1S/C27H28ClN5O2/c1-3-22(32-13-4-5-14-32)18-7-6-8-21-26(18)27(30-29-21,33-24(34)11-12-25(33)35)20-16-31(2)23-10-9-17(28)15-19(20)23/h6-12,15-16,22,29-30H,3-5,13-14H2,1-2H3. The molecular formula is C27H28ClN5O2. The highest BCUT2D eigenvalue weighted by atomic mass is 35.5. The van der Waals surface area contributed by atoms with Crippen molar-refractivity contribution in [3.8, 4) is 0 Å². The van der Waals surface area contributed by atoms with Crippen LogP contribution in [0.4, 0.5) is 5.69 Å². The topological polar surface area (TPSA) is 69.6 Å². The maximum atomic E-state index is 13.3. The minimum Gasteiger partial charge on any atom is -0.350 e. The minimum absolute atomic E-state index is 0.174. The molecule has 2 atom stereocenters. The van der Waals surface area contributed by atoms with E-state index in [1.165, 1.54) is 29.9 Å². The maximum absolute atomic E-state index is 13.3. The summed E-state index contributed by atoms with van der Waals surface area (Å²) in [5.74, 6) is -0.694. The summed E-state index contributed by atoms with van der Waals surface area (Å²) in [5.41, 5.74) is 10.2. The maximum Gasteiger partial charge on any atom is 0.255 e. The molecular weight excluding hydrogens is 462 g/mol. The third kappa shape index (κ3) is 3.19. The predicted octanol–water partition coefficient (Wildman–Crippen LogP) is 4.43. The lowest BCUT2D eigenvalue weighted by Crippen LogP contribution is -2.58. The fourth-order valence-corrected chi connectivity index (χ4v) is 6.35. The molecule has 1 saturated heterocycles. The number of fused-ring (bicyclic) bond motifs is 2. The van der Waals surface area contributed by atoms with Crippen LogP contribution < -0.4 is 10.9 Å². The first-order valence-electron chi connectivity index (χ1n) is 12.2. The monoisotopic (exact) mass is 489 g/mol. The van der Waals surface area contributed by atoms with Gasteiger partial charge in [0.25, 0.3) is 11.8 Å². The average Bonchev–Trinajstić information content (AvgIpc) is 3.63. The van der Waals surface area contributed by atoms with Crippen LogP contribution in [0, 0.1) is 0 Å². The molecule has 35 heavy (non-hydrogen) atoms. The minimum atomic E-state index is -1.24. The van der Waals surface area contributed by atoms with Crippen molar-refractivity contribution in [1.82, 2.24) is 19.8 Å². The van der Waals surface area contributed by atoms with E-state index in [9.17, 15) is 9.59 Å². The van der Waals surface area contributed by atoms with Gasteiger partial charge in [-0.3, -0.25) is 14.5 Å². The number of aromatic nitrogens is 1. The van der Waals surface area contributed by atoms with Crippen LogP contribution in [0.1, 0.15) is 48.9 Å². The summed E-state index contributed by atoms with van der Waals surface area (Å²) in [6.45, 7) is 4.29. The molecule has 3 aromatic rings. The van der Waals surface area contributed by atoms with Crippen LogP contribution >= 0.6 is 11.6 Å². The van der Waals surface area contributed by atoms with Crippen molar-refractivity contribution in [3.63, 3.8) is 0 Å². The predicted molar refractivity (Wildman–Crippen MR) is 137 cm³/mol. The Kier molecular flexibility index (Phi) is 5.25. The van der Waals surface area contributed by atoms with Crippen molar-refractivity contribution in [3.05, 3.63) is 76.5 Å². The number of hydrazine groups is 1. The van der Waals surface area contributed by atoms with E-state index >= 15 is 0 Å². The Bertz CT molecular complexity index is 1370. The fourth-order valence-electron chi connectivity index (χ4n) is 6.18. The van der Waals surface area contributed by atoms with Crippen LogP contribution in [-0.2, 0) is 22.3 Å². The van der Waals surface area contributed by atoms with E-state index in [2.05, 4.69) is 28.7 Å². The number of nitrogens with one attached hydrogen (secondary N) is 2. The molecule has 4 heterocycles. The van der Waals surface area contributed by atoms with Crippen molar-refractivity contribution >= 4 is 40.0 Å². The van der Waals surface area contributed by atoms with Crippen molar-refractivity contribution < 1.29 is 9.59 Å². The average molecular weight is 490 g/mol. The number of nitrogens with zero attached hydrogens (tertiary/aromatic N) is 3. The van der Waals surface area contributed by atoms with Crippen molar-refractivity contribution in [2.24, 2.45) is 7.05 Å². The first-order valence-corrected chi connectivity index (χ1v) is 12.6. The number of hydrogen-bond donors (Lipinski definition) is 2. The summed E-state index contributed by atoms with van der Waals surface area (Å²) in [6, 6.07) is 12.1. The Morgan fingerprint density at radius 3 is 2.54 bits per heavy atom. The molecule has 2 unspecified atom stereocenters. The normalized spacial score (nSPS) is 22.9. The molecule has 2 amide bonds. The first-order chi connectivity index (χ1) is 17.0. The number of carbonyl (C=O) groups excluding carboxylic acids is 2. The first kappa shape index (κ1) is 22.3. The van der Waals surface area contributed by atoms with Gasteiger partial charge in [0.2, 0.25) is 0 Å². The SMILES string of the molecule is CCC(c1cccc2c1C(c1cn(C)c3ccc(Cl)cc13)(N1C(=O)C=CC1=O)NN2)N1CCCC1. The van der Waals surface area contributed by atoms with E-state index in [0.29, 0.717) is 5.02 Å². The van der Waals surface area contributed by atoms with Gasteiger partial charge in [0.15, 0.2) is 5.66 Å². The lowest BCUT2D eigenvalue weighted by atomic mass is 9.83. The number of halogens is 1. The van der Waals surface area contributed by atoms with Gasteiger partial charge in [-0.05, 0) is 62.2 Å². The summed E-state index contributed by atoms with van der Waals surface area (Å²) in [6.07, 6.45) is 7.99. The summed E-state index contributed by atoms with van der Waals surface area (Å²) in [5, 5.41) is 1.49. The molecule has 3 aliphatic rings. The van der Waals surface area contributed by atoms with E-state index in [1.54, 1.807) is 0 Å². The van der Waals surface area contributed by atoms with Gasteiger partial charge >= 0.3 is 0 Å². The Balaban J connectivity index is 1.67. The van der Waals surface area contributed by atoms with E-state index in [0.717, 1.165) is 52.8 Å². The molecule has 8 heteroatoms. The smallest absolute Gasteiger partial charge is 0.255 e. The zero-order valence-electron chi connectivity index (χ0n) is 19.8. The summed E-state index contributed by atoms with van der Waals surface area (Å²) >= 11 is 6.45. The largest absolute Gasteiger partial charge is 0.350 e. The van der Waals surface area contributed by atoms with Crippen molar-refractivity contribution in [2.75, 3.05) is 18.5 Å². The summed E-state index contributed by atoms with van der Waals surface area (Å²) in [7, 11) is 1.97. The second-order valence-electron chi connectivity index (χ2n) is 9.56. The van der Waals surface area contributed by atoms with E-state index in [1.807, 2.05) is 48.1 Å². The van der Waals surface area contributed by atoms with Crippen molar-refractivity contribution in [2.45, 2.75) is 37.9 Å². The van der Waals surface area contributed by atoms with Crippen LogP contribution in [0.25, 0.3) is 10.9 Å². The number of amides is 2. The highest BCUT2D eigenvalue weighted by molar-refractivity contribution is 6.31. The zero-order valence-corrected chi connectivity index (χ0v) is 20.6. The zero-order chi connectivity index (χ0) is 24.3. The number of aryl methyl sites for hydroxylation is 1. The number of anilines is 1. The molecule has 6 rings (SSSR count). The molecule has 1 aromatic heterocycles. The van der Waals surface area contributed by atoms with Gasteiger partial charge in [0.05, 0.1) is 5.69 Å². The van der Waals surface area contributed by atoms with Gasteiger partial charge < -0.3 is 9.99 Å². The lowest BCUT2D eigenvalue weighted by molar-refractivity contribution is -0.143. The Labute approximate surface area is 209 Å². The molecule has 0 spiro atoms. The van der Waals surface area contributed by atoms with E-state index in [-0.39, 0.29) is 17.9 Å². The van der Waals surface area contributed by atoms with Crippen LogP contribution in [0.5, 0.6) is 0 Å². The summed E-state index contributed by atoms with van der Waals surface area (Å²) < 4.78 is 2.02. The number of benzene rings is 2. The molecule has 0 bridgehead atoms. The molecule has 2 N–H and O–H groups in total. The van der Waals surface area contributed by atoms with Crippen LogP contribution in [0.15, 0.2) is 54.7 Å². The third-order valence-corrected chi connectivity index (χ3v) is 7.88. The highest BCUT2D eigenvalue weighted by Crippen LogP contribution is 2.49. The number of likely N-dealkylation sites (tertiary alicyclic amines) is 1. The number of carbonyl (C=O) groups is 2. The highest BCUT2D eigenvalue weighted by Gasteiger charge is 2.54. The lowest BCUT2D eigenvalue weighted by Gasteiger charge is -2.40. The molecule has 0 saturated carbocycles. The number of hydrogen-bond acceptors (Lipinski definition) is 5. The van der Waals surface area contributed by atoms with E-state index < -0.39 is 5.66 Å². The Hall–Kier alpha value is -3.13. The van der Waals surface area contributed by atoms with Gasteiger partial charge in [-0.25, -0.2) is 10.3 Å². The Morgan fingerprint density at radius 1 is 1.09 bits per heavy atom. The summed E-state index contributed by atoms with van der Waals surface area (Å²) in [4.78, 5) is 30.4. The molecule has 3 aliphatic heterocycles. The van der Waals surface area contributed by atoms with Gasteiger partial charge in [-0.1, -0.05) is 30.7 Å². The van der Waals surface area contributed by atoms with Gasteiger partial charge in [-0.15, -0.1) is 0 Å². The van der Waals surface area contributed by atoms with Crippen molar-refractivity contribution in [1.29, 1.82) is 0 Å². The second kappa shape index (κ2) is 8.22. The molecule has 2 aromatic carbocycles. The molecule has 1 fully saturated rings. The number of imide groups is 1. The van der Waals surface area contributed by atoms with Gasteiger partial charge in [0, 0.05) is 58.5 Å². The quantitative estimate of drug-likeness (QED) is 0.519. The van der Waals surface area contributed by atoms with E-state index in [4.69, 9.17) is 11.6 Å². The van der Waals surface area contributed by atoms with Crippen LogP contribution in [-0.4, -0.2) is 39.3 Å². The number of rotatable bonds is 5.